The van der Waals surface area contributed by atoms with Gasteiger partial charge in [-0.1, -0.05) is 66.7 Å². The molecule has 1 atom stereocenters. The molecule has 6 heteroatoms. The monoisotopic (exact) mass is 476 g/mol. The van der Waals surface area contributed by atoms with Crippen molar-refractivity contribution in [2.45, 2.75) is 52.2 Å². The molecular weight excluding hydrogens is 443 g/mol. The molecule has 35 heavy (non-hydrogen) atoms. The maximum Gasteiger partial charge on any atom is 0.261 e. The van der Waals surface area contributed by atoms with Crippen LogP contribution in [0.1, 0.15) is 37.5 Å². The van der Waals surface area contributed by atoms with E-state index in [1.54, 1.807) is 12.1 Å². The standard InChI is InChI=1S/C29H33FN2O3/c1-21-12-8-9-15-23(21)19-32(27(33)20-35-26-17-11-10-16-24(26)30)25(28(34)31-29(2,3)4)18-22-13-6-5-7-14-22/h5-17,25H,18-20H2,1-4H3,(H,31,34). The van der Waals surface area contributed by atoms with Gasteiger partial charge < -0.3 is 15.0 Å². The van der Waals surface area contributed by atoms with Crippen LogP contribution < -0.4 is 10.1 Å². The largest absolute Gasteiger partial charge is 0.481 e. The zero-order chi connectivity index (χ0) is 25.4. The van der Waals surface area contributed by atoms with Gasteiger partial charge in [-0.15, -0.1) is 0 Å². The lowest BCUT2D eigenvalue weighted by Gasteiger charge is -2.34. The predicted molar refractivity (Wildman–Crippen MR) is 135 cm³/mol. The molecule has 0 aliphatic carbocycles. The molecule has 5 nitrogen and oxygen atoms in total. The summed E-state index contributed by atoms with van der Waals surface area (Å²) >= 11 is 0. The SMILES string of the molecule is Cc1ccccc1CN(C(=O)COc1ccccc1F)C(Cc1ccccc1)C(=O)NC(C)(C)C. The van der Waals surface area contributed by atoms with Gasteiger partial charge in [-0.05, 0) is 56.5 Å². The lowest BCUT2D eigenvalue weighted by Crippen LogP contribution is -2.55. The van der Waals surface area contributed by atoms with Gasteiger partial charge in [-0.2, -0.15) is 0 Å². The zero-order valence-electron chi connectivity index (χ0n) is 20.8. The Hall–Kier alpha value is -3.67. The molecule has 0 spiro atoms. The van der Waals surface area contributed by atoms with Crippen LogP contribution in [-0.2, 0) is 22.6 Å². The highest BCUT2D eigenvalue weighted by atomic mass is 19.1. The van der Waals surface area contributed by atoms with Crippen LogP contribution in [0.25, 0.3) is 0 Å². The quantitative estimate of drug-likeness (QED) is 0.469. The summed E-state index contributed by atoms with van der Waals surface area (Å²) in [5, 5.41) is 3.02. The van der Waals surface area contributed by atoms with Crippen molar-refractivity contribution >= 4 is 11.8 Å². The van der Waals surface area contributed by atoms with Crippen LogP contribution in [0.15, 0.2) is 78.9 Å². The number of aryl methyl sites for hydroxylation is 1. The van der Waals surface area contributed by atoms with E-state index in [9.17, 15) is 14.0 Å². The van der Waals surface area contributed by atoms with Crippen LogP contribution in [0.3, 0.4) is 0 Å². The normalized spacial score (nSPS) is 12.0. The molecule has 184 valence electrons. The number of nitrogens with zero attached hydrogens (tertiary/aromatic N) is 1. The van der Waals surface area contributed by atoms with Gasteiger partial charge in [0, 0.05) is 18.5 Å². The van der Waals surface area contributed by atoms with Gasteiger partial charge in [0.15, 0.2) is 18.2 Å². The molecule has 3 aromatic carbocycles. The van der Waals surface area contributed by atoms with Crippen LogP contribution in [0.4, 0.5) is 4.39 Å². The smallest absolute Gasteiger partial charge is 0.261 e. The van der Waals surface area contributed by atoms with Crippen molar-refractivity contribution < 1.29 is 18.7 Å². The number of carbonyl (C=O) groups excluding carboxylic acids is 2. The molecule has 0 bridgehead atoms. The Morgan fingerprint density at radius 3 is 2.23 bits per heavy atom. The molecule has 0 aliphatic rings. The van der Waals surface area contributed by atoms with Crippen molar-refractivity contribution in [2.24, 2.45) is 0 Å². The van der Waals surface area contributed by atoms with Crippen LogP contribution in [0, 0.1) is 12.7 Å². The third kappa shape index (κ3) is 7.67. The number of para-hydroxylation sites is 1. The van der Waals surface area contributed by atoms with Gasteiger partial charge in [-0.3, -0.25) is 9.59 Å². The molecule has 0 saturated heterocycles. The maximum absolute atomic E-state index is 14.1. The summed E-state index contributed by atoms with van der Waals surface area (Å²) in [6.07, 6.45) is 0.333. The Kier molecular flexibility index (Phi) is 8.63. The predicted octanol–water partition coefficient (Wildman–Crippen LogP) is 5.07. The van der Waals surface area contributed by atoms with Gasteiger partial charge >= 0.3 is 0 Å². The molecule has 3 aromatic rings. The molecule has 1 N–H and O–H groups in total. The highest BCUT2D eigenvalue weighted by Gasteiger charge is 2.32. The number of carbonyl (C=O) groups is 2. The van der Waals surface area contributed by atoms with Crippen molar-refractivity contribution in [3.63, 3.8) is 0 Å². The van der Waals surface area contributed by atoms with Gasteiger partial charge in [-0.25, -0.2) is 4.39 Å². The van der Waals surface area contributed by atoms with Crippen molar-refractivity contribution in [1.82, 2.24) is 10.2 Å². The molecular formula is C29H33FN2O3. The van der Waals surface area contributed by atoms with Gasteiger partial charge in [0.05, 0.1) is 0 Å². The number of halogens is 1. The average Bonchev–Trinajstić information content (AvgIpc) is 2.81. The fraction of sp³-hybridized carbons (Fsp3) is 0.310. The van der Waals surface area contributed by atoms with Crippen LogP contribution in [-0.4, -0.2) is 34.9 Å². The molecule has 0 aliphatic heterocycles. The number of rotatable bonds is 9. The lowest BCUT2D eigenvalue weighted by atomic mass is 10.00. The minimum atomic E-state index is -0.784. The first-order chi connectivity index (χ1) is 16.6. The number of nitrogens with one attached hydrogen (secondary N) is 1. The Bertz CT molecular complexity index is 1140. The second-order valence-corrected chi connectivity index (χ2v) is 9.61. The molecule has 0 aromatic heterocycles. The molecule has 1 unspecified atom stereocenters. The van der Waals surface area contributed by atoms with E-state index in [1.165, 1.54) is 17.0 Å². The molecule has 0 radical (unpaired) electrons. The van der Waals surface area contributed by atoms with Crippen molar-refractivity contribution in [1.29, 1.82) is 0 Å². The summed E-state index contributed by atoms with van der Waals surface area (Å²) in [7, 11) is 0. The van der Waals surface area contributed by atoms with E-state index < -0.39 is 23.3 Å². The van der Waals surface area contributed by atoms with Gasteiger partial charge in [0.2, 0.25) is 5.91 Å². The van der Waals surface area contributed by atoms with E-state index in [0.29, 0.717) is 6.42 Å². The van der Waals surface area contributed by atoms with Gasteiger partial charge in [0.25, 0.3) is 5.91 Å². The third-order valence-electron chi connectivity index (χ3n) is 5.56. The topological polar surface area (TPSA) is 58.6 Å². The minimum absolute atomic E-state index is 0.00422. The summed E-state index contributed by atoms with van der Waals surface area (Å²) in [4.78, 5) is 28.6. The number of ether oxygens (including phenoxy) is 1. The first-order valence-corrected chi connectivity index (χ1v) is 11.7. The van der Waals surface area contributed by atoms with Gasteiger partial charge in [0.1, 0.15) is 6.04 Å². The Labute approximate surface area is 206 Å². The van der Waals surface area contributed by atoms with Crippen molar-refractivity contribution in [3.8, 4) is 5.75 Å². The summed E-state index contributed by atoms with van der Waals surface area (Å²) in [6.45, 7) is 7.51. The van der Waals surface area contributed by atoms with E-state index in [2.05, 4.69) is 5.32 Å². The summed E-state index contributed by atoms with van der Waals surface area (Å²) in [5.41, 5.74) is 2.38. The minimum Gasteiger partial charge on any atom is -0.481 e. The highest BCUT2D eigenvalue weighted by Crippen LogP contribution is 2.20. The summed E-state index contributed by atoms with van der Waals surface area (Å²) in [5.74, 6) is -1.21. The lowest BCUT2D eigenvalue weighted by molar-refractivity contribution is -0.143. The number of amides is 2. The number of hydrogen-bond acceptors (Lipinski definition) is 3. The van der Waals surface area contributed by atoms with Crippen LogP contribution in [0.2, 0.25) is 0 Å². The summed E-state index contributed by atoms with van der Waals surface area (Å²) < 4.78 is 19.6. The number of benzene rings is 3. The fourth-order valence-corrected chi connectivity index (χ4v) is 3.76. The third-order valence-corrected chi connectivity index (χ3v) is 5.56. The Balaban J connectivity index is 1.95. The number of hydrogen-bond donors (Lipinski definition) is 1. The first kappa shape index (κ1) is 25.9. The van der Waals surface area contributed by atoms with Crippen LogP contribution >= 0.6 is 0 Å². The maximum atomic E-state index is 14.1. The average molecular weight is 477 g/mol. The zero-order valence-corrected chi connectivity index (χ0v) is 20.8. The van der Waals surface area contributed by atoms with E-state index in [1.807, 2.05) is 82.3 Å². The van der Waals surface area contributed by atoms with E-state index in [-0.39, 0.29) is 24.8 Å². The molecule has 0 fully saturated rings. The van der Waals surface area contributed by atoms with E-state index in [0.717, 1.165) is 16.7 Å². The molecule has 2 amide bonds. The van der Waals surface area contributed by atoms with Crippen LogP contribution in [0.5, 0.6) is 5.75 Å². The molecule has 0 heterocycles. The van der Waals surface area contributed by atoms with Crippen molar-refractivity contribution in [3.05, 3.63) is 101 Å². The Morgan fingerprint density at radius 1 is 0.943 bits per heavy atom. The second kappa shape index (κ2) is 11.6. The fourth-order valence-electron chi connectivity index (χ4n) is 3.76. The molecule has 0 saturated carbocycles. The molecule has 3 rings (SSSR count). The van der Waals surface area contributed by atoms with E-state index >= 15 is 0 Å². The Morgan fingerprint density at radius 2 is 1.57 bits per heavy atom. The first-order valence-electron chi connectivity index (χ1n) is 11.7. The summed E-state index contributed by atoms with van der Waals surface area (Å²) in [6, 6.07) is 22.5. The van der Waals surface area contributed by atoms with E-state index in [4.69, 9.17) is 4.74 Å². The van der Waals surface area contributed by atoms with Crippen molar-refractivity contribution in [2.75, 3.05) is 6.61 Å². The highest BCUT2D eigenvalue weighted by molar-refractivity contribution is 5.89. The second-order valence-electron chi connectivity index (χ2n) is 9.61.